The van der Waals surface area contributed by atoms with Gasteiger partial charge < -0.3 is 4.90 Å². The number of fused-ring (bicyclic) bond motifs is 1. The van der Waals surface area contributed by atoms with Gasteiger partial charge >= 0.3 is 0 Å². The number of hydrogen-bond donors (Lipinski definition) is 0. The summed E-state index contributed by atoms with van der Waals surface area (Å²) in [5.41, 5.74) is 1.79. The maximum Gasteiger partial charge on any atom is 0.248 e. The van der Waals surface area contributed by atoms with E-state index in [2.05, 4.69) is 12.0 Å². The summed E-state index contributed by atoms with van der Waals surface area (Å²) < 4.78 is 27.9. The Balaban J connectivity index is 1.93. The average Bonchev–Trinajstić information content (AvgIpc) is 2.79. The third-order valence-electron chi connectivity index (χ3n) is 4.88. The summed E-state index contributed by atoms with van der Waals surface area (Å²) in [4.78, 5) is 16.2. The quantitative estimate of drug-likeness (QED) is 0.757. The van der Waals surface area contributed by atoms with Crippen molar-refractivity contribution < 1.29 is 13.2 Å². The summed E-state index contributed by atoms with van der Waals surface area (Å²) in [7, 11) is -0.639. The van der Waals surface area contributed by atoms with Gasteiger partial charge in [0.2, 0.25) is 15.9 Å². The Hall–Kier alpha value is -1.84. The number of aryl methyl sites for hydroxylation is 1. The molecule has 3 rings (SSSR count). The first-order chi connectivity index (χ1) is 13.1. The number of carbonyl (C=O) groups is 1. The van der Waals surface area contributed by atoms with E-state index >= 15 is 0 Å². The van der Waals surface area contributed by atoms with E-state index in [1.165, 1.54) is 23.1 Å². The highest BCUT2D eigenvalue weighted by atomic mass is 32.2. The van der Waals surface area contributed by atoms with Gasteiger partial charge in [-0.25, -0.2) is 12.7 Å². The molecule has 152 valence electrons. The number of hydrogen-bond acceptors (Lipinski definition) is 5. The molecule has 0 bridgehead atoms. The smallest absolute Gasteiger partial charge is 0.248 e. The number of sulfonamides is 1. The van der Waals surface area contributed by atoms with Crippen LogP contribution in [0.25, 0.3) is 0 Å². The van der Waals surface area contributed by atoms with Crippen molar-refractivity contribution in [1.29, 1.82) is 0 Å². The zero-order chi connectivity index (χ0) is 20.6. The number of para-hydroxylation sites is 1. The number of benzene rings is 1. The van der Waals surface area contributed by atoms with Gasteiger partial charge in [0.05, 0.1) is 17.1 Å². The molecule has 0 saturated heterocycles. The van der Waals surface area contributed by atoms with Crippen molar-refractivity contribution in [1.82, 2.24) is 14.1 Å². The molecule has 28 heavy (non-hydrogen) atoms. The van der Waals surface area contributed by atoms with Crippen molar-refractivity contribution in [2.24, 2.45) is 0 Å². The van der Waals surface area contributed by atoms with Crippen molar-refractivity contribution >= 4 is 33.4 Å². The third kappa shape index (κ3) is 3.83. The van der Waals surface area contributed by atoms with E-state index in [0.29, 0.717) is 23.2 Å². The van der Waals surface area contributed by atoms with Gasteiger partial charge in [-0.05, 0) is 32.4 Å². The molecule has 1 atom stereocenters. The van der Waals surface area contributed by atoms with E-state index in [4.69, 9.17) is 0 Å². The fourth-order valence-electron chi connectivity index (χ4n) is 3.35. The van der Waals surface area contributed by atoms with Crippen LogP contribution in [0.4, 0.5) is 5.69 Å². The highest BCUT2D eigenvalue weighted by Crippen LogP contribution is 2.37. The van der Waals surface area contributed by atoms with Crippen LogP contribution in [0.15, 0.2) is 34.1 Å². The van der Waals surface area contributed by atoms with Crippen LogP contribution < -0.4 is 4.90 Å². The van der Waals surface area contributed by atoms with Gasteiger partial charge in [-0.2, -0.15) is 5.10 Å². The van der Waals surface area contributed by atoms with Crippen molar-refractivity contribution in [2.45, 2.75) is 48.8 Å². The first-order valence-corrected chi connectivity index (χ1v) is 11.5. The lowest BCUT2D eigenvalue weighted by atomic mass is 10.2. The van der Waals surface area contributed by atoms with E-state index in [-0.39, 0.29) is 17.3 Å². The van der Waals surface area contributed by atoms with Gasteiger partial charge in [0.1, 0.15) is 11.4 Å². The zero-order valence-corrected chi connectivity index (χ0v) is 18.5. The molecule has 9 heteroatoms. The molecule has 1 aliphatic heterocycles. The highest BCUT2D eigenvalue weighted by Gasteiger charge is 2.29. The van der Waals surface area contributed by atoms with Crippen LogP contribution in [0.2, 0.25) is 0 Å². The van der Waals surface area contributed by atoms with Gasteiger partial charge in [0, 0.05) is 30.8 Å². The van der Waals surface area contributed by atoms with Gasteiger partial charge in [-0.3, -0.25) is 9.48 Å². The minimum atomic E-state index is -3.62. The molecule has 0 fully saturated rings. The van der Waals surface area contributed by atoms with E-state index < -0.39 is 10.0 Å². The van der Waals surface area contributed by atoms with Gasteiger partial charge in [0.25, 0.3) is 0 Å². The van der Waals surface area contributed by atoms with E-state index in [9.17, 15) is 13.2 Å². The predicted molar refractivity (Wildman–Crippen MR) is 111 cm³/mol. The topological polar surface area (TPSA) is 75.5 Å². The Labute approximate surface area is 170 Å². The van der Waals surface area contributed by atoms with Crippen LogP contribution in [-0.2, 0) is 21.4 Å². The second kappa shape index (κ2) is 7.88. The Morgan fingerprint density at radius 3 is 2.64 bits per heavy atom. The number of thioether (sulfide) groups is 1. The molecule has 1 aliphatic rings. The molecular weight excluding hydrogens is 396 g/mol. The summed E-state index contributed by atoms with van der Waals surface area (Å²) in [6.07, 6.45) is 0.891. The minimum absolute atomic E-state index is 0.00298. The van der Waals surface area contributed by atoms with E-state index in [1.807, 2.05) is 24.3 Å². The largest absolute Gasteiger partial charge is 0.310 e. The molecule has 0 saturated carbocycles. The Kier molecular flexibility index (Phi) is 5.88. The van der Waals surface area contributed by atoms with Gasteiger partial charge in [-0.1, -0.05) is 19.1 Å². The van der Waals surface area contributed by atoms with Crippen LogP contribution in [-0.4, -0.2) is 54.3 Å². The standard InChI is InChI=1S/C19H26N4O3S2/c1-13-10-11-22(16-8-6-7-9-17(16)27-13)18(24)12-23-15(3)19(14(2)20-23)28(25,26)21(4)5/h6-9,13H,10-12H2,1-5H3. The summed E-state index contributed by atoms with van der Waals surface area (Å²) in [5.74, 6) is -0.0958. The molecule has 2 aromatic rings. The summed E-state index contributed by atoms with van der Waals surface area (Å²) in [6.45, 7) is 6.14. The number of carbonyl (C=O) groups excluding carboxylic acids is 1. The van der Waals surface area contributed by atoms with Crippen LogP contribution >= 0.6 is 11.8 Å². The van der Waals surface area contributed by atoms with Gasteiger partial charge in [0.15, 0.2) is 0 Å². The maximum absolute atomic E-state index is 13.1. The van der Waals surface area contributed by atoms with Crippen molar-refractivity contribution in [3.63, 3.8) is 0 Å². The highest BCUT2D eigenvalue weighted by molar-refractivity contribution is 8.00. The maximum atomic E-state index is 13.1. The summed E-state index contributed by atoms with van der Waals surface area (Å²) in [5, 5.41) is 4.77. The molecular formula is C19H26N4O3S2. The predicted octanol–water partition coefficient (Wildman–Crippen LogP) is 2.67. The molecule has 1 aromatic carbocycles. The molecule has 1 unspecified atom stereocenters. The fraction of sp³-hybridized carbons (Fsp3) is 0.474. The van der Waals surface area contributed by atoms with Crippen LogP contribution in [0.1, 0.15) is 24.7 Å². The molecule has 0 N–H and O–H groups in total. The van der Waals surface area contributed by atoms with Crippen LogP contribution in [0, 0.1) is 13.8 Å². The lowest BCUT2D eigenvalue weighted by Crippen LogP contribution is -2.35. The molecule has 1 amide bonds. The normalized spacial score (nSPS) is 17.5. The third-order valence-corrected chi connectivity index (χ3v) is 8.19. The number of amides is 1. The van der Waals surface area contributed by atoms with E-state index in [0.717, 1.165) is 17.0 Å². The Morgan fingerprint density at radius 2 is 1.96 bits per heavy atom. The average molecular weight is 423 g/mol. The monoisotopic (exact) mass is 422 g/mol. The molecule has 0 radical (unpaired) electrons. The SMILES string of the molecule is Cc1nn(CC(=O)N2CCC(C)Sc3ccccc32)c(C)c1S(=O)(=O)N(C)C. The summed E-state index contributed by atoms with van der Waals surface area (Å²) >= 11 is 1.78. The second-order valence-electron chi connectivity index (χ2n) is 7.18. The van der Waals surface area contributed by atoms with Gasteiger partial charge in [-0.15, -0.1) is 11.8 Å². The van der Waals surface area contributed by atoms with Crippen molar-refractivity contribution in [2.75, 3.05) is 25.5 Å². The number of anilines is 1. The van der Waals surface area contributed by atoms with Crippen LogP contribution in [0.5, 0.6) is 0 Å². The molecule has 2 heterocycles. The molecule has 1 aromatic heterocycles. The Morgan fingerprint density at radius 1 is 1.29 bits per heavy atom. The molecule has 0 spiro atoms. The lowest BCUT2D eigenvalue weighted by Gasteiger charge is -2.22. The minimum Gasteiger partial charge on any atom is -0.310 e. The van der Waals surface area contributed by atoms with Crippen LogP contribution in [0.3, 0.4) is 0 Å². The summed E-state index contributed by atoms with van der Waals surface area (Å²) in [6, 6.07) is 7.90. The Bertz CT molecular complexity index is 999. The van der Waals surface area contributed by atoms with Crippen molar-refractivity contribution in [3.8, 4) is 0 Å². The number of rotatable bonds is 4. The first-order valence-electron chi connectivity index (χ1n) is 9.15. The van der Waals surface area contributed by atoms with E-state index in [1.54, 1.807) is 30.5 Å². The fourth-order valence-corrected chi connectivity index (χ4v) is 5.72. The lowest BCUT2D eigenvalue weighted by molar-refractivity contribution is -0.119. The number of aromatic nitrogens is 2. The number of nitrogens with zero attached hydrogens (tertiary/aromatic N) is 4. The zero-order valence-electron chi connectivity index (χ0n) is 16.8. The second-order valence-corrected chi connectivity index (χ2v) is 10.7. The first kappa shape index (κ1) is 20.9. The molecule has 7 nitrogen and oxygen atoms in total. The molecule has 0 aliphatic carbocycles. The van der Waals surface area contributed by atoms with Crippen molar-refractivity contribution in [3.05, 3.63) is 35.7 Å².